The Morgan fingerprint density at radius 3 is 0.875 bits per heavy atom. The van der Waals surface area contributed by atoms with E-state index in [0.29, 0.717) is 0 Å². The standard InChI is InChI=1S/Gd.6H2O.O/h;6*1H2;/q+4;;;;;;;/p-4. The van der Waals surface area contributed by atoms with Crippen LogP contribution in [0.5, 0.6) is 0 Å². The molecule has 0 heterocycles. The van der Waals surface area contributed by atoms with E-state index in [2.05, 4.69) is 0 Å². The molecular weight excluding hydrogens is 269 g/mol. The Labute approximate surface area is 50.2 Å². The van der Waals surface area contributed by atoms with Gasteiger partial charge < -0.3 is 11.0 Å². The molecule has 0 unspecified atom stereocenters. The second-order valence-corrected chi connectivity index (χ2v) is 5.06. The van der Waals surface area contributed by atoms with Crippen molar-refractivity contribution >= 4 is 0 Å². The molecule has 0 rings (SSSR count). The molecule has 0 aliphatic heterocycles. The second-order valence-electron chi connectivity index (χ2n) is 0.682. The van der Waals surface area contributed by atoms with Gasteiger partial charge in [0.25, 0.3) is 0 Å². The molecule has 0 atom stereocenters. The minimum absolute atomic E-state index is 0. The zero-order valence-corrected chi connectivity index (χ0v) is 5.82. The van der Waals surface area contributed by atoms with Crippen molar-refractivity contribution in [2.24, 2.45) is 0 Å². The molecule has 0 aliphatic rings. The summed E-state index contributed by atoms with van der Waals surface area (Å²) in [6.45, 7) is 0. The summed E-state index contributed by atoms with van der Waals surface area (Å²) in [5, 5.41) is 0. The number of hydrogen-bond acceptors (Lipinski definition) is 1. The van der Waals surface area contributed by atoms with Gasteiger partial charge >= 0.3 is 39.6 Å². The van der Waals surface area contributed by atoms with E-state index in [9.17, 15) is 0 Å². The van der Waals surface area contributed by atoms with Crippen molar-refractivity contribution in [1.29, 1.82) is 0 Å². The predicted molar refractivity (Wildman–Crippen MR) is 16.8 cm³/mol. The maximum absolute atomic E-state index is 9.10. The van der Waals surface area contributed by atoms with Crippen LogP contribution in [0.2, 0.25) is 0 Å². The fraction of sp³-hybridized carbons (Fsp3) is 0. The van der Waals surface area contributed by atoms with Gasteiger partial charge in [0.2, 0.25) is 0 Å². The van der Waals surface area contributed by atoms with Crippen molar-refractivity contribution in [1.82, 2.24) is 0 Å². The molecule has 0 saturated heterocycles. The topological polar surface area (TPSA) is 161 Å². The van der Waals surface area contributed by atoms with Gasteiger partial charge in [-0.15, -0.1) is 0 Å². The van der Waals surface area contributed by atoms with Gasteiger partial charge in [-0.3, -0.25) is 0 Å². The predicted octanol–water partition coefficient (Wildman–Crippen LogP) is -4.00. The van der Waals surface area contributed by atoms with E-state index in [1.165, 1.54) is 0 Å². The Hall–Kier alpha value is 0.885. The third kappa shape index (κ3) is 305. The van der Waals surface area contributed by atoms with Crippen LogP contribution in [0.1, 0.15) is 0 Å². The Bertz CT molecular complexity index is 82.0. The molecule has 0 amide bonds. The van der Waals surface area contributed by atoms with Crippen LogP contribution in [0.3, 0.4) is 0 Å². The summed E-state index contributed by atoms with van der Waals surface area (Å²) in [7, 11) is 0. The van der Waals surface area contributed by atoms with Gasteiger partial charge in [-0.1, -0.05) is 0 Å². The zero-order valence-electron chi connectivity index (χ0n) is 3.55. The van der Waals surface area contributed by atoms with Gasteiger partial charge in [-0.05, 0) is 0 Å². The molecule has 0 aromatic rings. The summed E-state index contributed by atoms with van der Waals surface area (Å²) < 4.78 is 38.3. The van der Waals surface area contributed by atoms with Crippen LogP contribution in [0.25, 0.3) is 0 Å². The molecular formula is H8GdO7. The first-order chi connectivity index (χ1) is 2.24. The first-order valence-electron chi connectivity index (χ1n) is 0.777. The summed E-state index contributed by atoms with van der Waals surface area (Å²) in [6.07, 6.45) is 0. The Morgan fingerprint density at radius 2 is 0.875 bits per heavy atom. The quantitative estimate of drug-likeness (QED) is 0.354. The third-order valence-electron chi connectivity index (χ3n) is 0. The molecule has 0 aromatic carbocycles. The van der Waals surface area contributed by atoms with Crippen molar-refractivity contribution in [3.8, 4) is 0 Å². The molecule has 0 radical (unpaired) electrons. The minimum atomic E-state index is -6.90. The van der Waals surface area contributed by atoms with E-state index < -0.39 is 32.2 Å². The summed E-state index contributed by atoms with van der Waals surface area (Å²) in [5.41, 5.74) is 0. The average molecular weight is 277 g/mol. The SMILES string of the molecule is O.O.[O]=[Gd]([OH])([OH])([OH])[OH]. The van der Waals surface area contributed by atoms with E-state index in [0.717, 1.165) is 0 Å². The van der Waals surface area contributed by atoms with Gasteiger partial charge in [-0.2, -0.15) is 0 Å². The van der Waals surface area contributed by atoms with E-state index >= 15 is 0 Å². The summed E-state index contributed by atoms with van der Waals surface area (Å²) >= 11 is -6.90. The van der Waals surface area contributed by atoms with E-state index in [1.54, 1.807) is 0 Å². The number of hydrogen-bond donors (Lipinski definition) is 4. The van der Waals surface area contributed by atoms with Crippen LogP contribution in [-0.2, 0) is 1.16 Å². The fourth-order valence-corrected chi connectivity index (χ4v) is 0. The summed E-state index contributed by atoms with van der Waals surface area (Å²) in [4.78, 5) is 0. The van der Waals surface area contributed by atoms with Gasteiger partial charge in [0.05, 0.1) is 0 Å². The van der Waals surface area contributed by atoms with Crippen LogP contribution in [0.4, 0.5) is 0 Å². The third-order valence-corrected chi connectivity index (χ3v) is 0. The van der Waals surface area contributed by atoms with Gasteiger partial charge in [-0.25, -0.2) is 0 Å². The van der Waals surface area contributed by atoms with E-state index in [1.807, 2.05) is 0 Å². The molecule has 0 spiro atoms. The summed E-state index contributed by atoms with van der Waals surface area (Å²) in [6, 6.07) is 0. The molecule has 0 fully saturated rings. The van der Waals surface area contributed by atoms with Crippen molar-refractivity contribution in [3.63, 3.8) is 0 Å². The van der Waals surface area contributed by atoms with Crippen molar-refractivity contribution in [2.45, 2.75) is 0 Å². The Balaban J connectivity index is -0.000000125. The fourth-order valence-electron chi connectivity index (χ4n) is 0. The first-order valence-corrected chi connectivity index (χ1v) is 5.76. The van der Waals surface area contributed by atoms with Gasteiger partial charge in [0.1, 0.15) is 0 Å². The molecule has 0 bridgehead atoms. The Morgan fingerprint density at radius 1 is 0.875 bits per heavy atom. The van der Waals surface area contributed by atoms with Crippen molar-refractivity contribution < 1.29 is 50.5 Å². The zero-order chi connectivity index (χ0) is 5.45. The maximum atomic E-state index is 9.10. The molecule has 8 heteroatoms. The van der Waals surface area contributed by atoms with Crippen molar-refractivity contribution in [2.75, 3.05) is 0 Å². The second kappa shape index (κ2) is 3.15. The van der Waals surface area contributed by atoms with Crippen LogP contribution in [0.15, 0.2) is 0 Å². The molecule has 0 aromatic heterocycles. The van der Waals surface area contributed by atoms with E-state index in [-0.39, 0.29) is 11.0 Å². The van der Waals surface area contributed by atoms with Crippen LogP contribution >= 0.6 is 0 Å². The average Bonchev–Trinajstić information content (AvgIpc) is 0.650. The van der Waals surface area contributed by atoms with Gasteiger partial charge in [0, 0.05) is 0 Å². The molecule has 0 saturated carbocycles. The number of rotatable bonds is 0. The first kappa shape index (κ1) is 16.0. The van der Waals surface area contributed by atoms with Gasteiger partial charge in [0.15, 0.2) is 0 Å². The monoisotopic (exact) mass is 278 g/mol. The van der Waals surface area contributed by atoms with Crippen LogP contribution in [0, 0.1) is 32.2 Å². The normalized spacial score (nSPS) is 14.2. The summed E-state index contributed by atoms with van der Waals surface area (Å²) in [5.74, 6) is 0. The van der Waals surface area contributed by atoms with Crippen LogP contribution in [-0.4, -0.2) is 17.1 Å². The molecule has 58 valence electrons. The molecule has 8 heavy (non-hydrogen) atoms. The Kier molecular flexibility index (Phi) is 6.29. The molecule has 0 aliphatic carbocycles. The van der Waals surface area contributed by atoms with E-state index in [4.69, 9.17) is 7.34 Å². The van der Waals surface area contributed by atoms with Crippen molar-refractivity contribution in [3.05, 3.63) is 0 Å². The van der Waals surface area contributed by atoms with Crippen LogP contribution < -0.4 is 0 Å². The molecule has 8 N–H and O–H groups in total. The molecule has 7 nitrogen and oxygen atoms in total.